The van der Waals surface area contributed by atoms with Crippen LogP contribution in [0.4, 0.5) is 5.82 Å². The molecule has 0 aliphatic carbocycles. The van der Waals surface area contributed by atoms with Gasteiger partial charge in [-0.25, -0.2) is 4.98 Å². The second-order valence-electron chi connectivity index (χ2n) is 5.16. The van der Waals surface area contributed by atoms with E-state index in [2.05, 4.69) is 65.4 Å². The highest BCUT2D eigenvalue weighted by Crippen LogP contribution is 2.19. The fourth-order valence-corrected chi connectivity index (χ4v) is 2.39. The Labute approximate surface area is 128 Å². The van der Waals surface area contributed by atoms with Crippen LogP contribution in [0.5, 0.6) is 0 Å². The van der Waals surface area contributed by atoms with Gasteiger partial charge in [0.1, 0.15) is 5.82 Å². The molecule has 0 aliphatic heterocycles. The average molecular weight is 283 g/mol. The Morgan fingerprint density at radius 1 is 1.05 bits per heavy atom. The van der Waals surface area contributed by atoms with E-state index in [1.165, 1.54) is 11.1 Å². The molecular formula is C18H25N3. The van der Waals surface area contributed by atoms with E-state index in [1.54, 1.807) is 0 Å². The van der Waals surface area contributed by atoms with Crippen LogP contribution < -0.4 is 10.2 Å². The van der Waals surface area contributed by atoms with E-state index in [-0.39, 0.29) is 0 Å². The molecule has 0 bridgehead atoms. The van der Waals surface area contributed by atoms with Crippen molar-refractivity contribution in [2.24, 2.45) is 0 Å². The number of aromatic nitrogens is 1. The van der Waals surface area contributed by atoms with E-state index in [0.29, 0.717) is 0 Å². The van der Waals surface area contributed by atoms with Crippen molar-refractivity contribution in [1.29, 1.82) is 0 Å². The summed E-state index contributed by atoms with van der Waals surface area (Å²) >= 11 is 0. The smallest absolute Gasteiger partial charge is 0.133 e. The average Bonchev–Trinajstić information content (AvgIpc) is 2.54. The van der Waals surface area contributed by atoms with Gasteiger partial charge in [0.2, 0.25) is 0 Å². The highest BCUT2D eigenvalue weighted by atomic mass is 15.2. The molecule has 3 nitrogen and oxygen atoms in total. The lowest BCUT2D eigenvalue weighted by atomic mass is 10.2. The van der Waals surface area contributed by atoms with Gasteiger partial charge in [0.25, 0.3) is 0 Å². The fraction of sp³-hybridized carbons (Fsp3) is 0.389. The summed E-state index contributed by atoms with van der Waals surface area (Å²) in [4.78, 5) is 6.94. The summed E-state index contributed by atoms with van der Waals surface area (Å²) in [6.45, 7) is 8.13. The van der Waals surface area contributed by atoms with Gasteiger partial charge in [-0.2, -0.15) is 0 Å². The van der Waals surface area contributed by atoms with Crippen LogP contribution in [-0.2, 0) is 13.1 Å². The van der Waals surface area contributed by atoms with Crippen LogP contribution in [0.2, 0.25) is 0 Å². The first-order chi connectivity index (χ1) is 10.3. The maximum atomic E-state index is 4.61. The third-order valence-corrected chi connectivity index (χ3v) is 3.51. The Bertz CT molecular complexity index is 525. The summed E-state index contributed by atoms with van der Waals surface area (Å²) in [5.74, 6) is 1.09. The molecule has 2 aromatic rings. The summed E-state index contributed by atoms with van der Waals surface area (Å²) in [5, 5.41) is 3.47. The molecule has 0 saturated heterocycles. The number of nitrogens with one attached hydrogen (secondary N) is 1. The molecule has 2 rings (SSSR count). The zero-order valence-electron chi connectivity index (χ0n) is 13.0. The molecule has 0 saturated carbocycles. The zero-order valence-corrected chi connectivity index (χ0v) is 13.0. The lowest BCUT2D eigenvalue weighted by Gasteiger charge is -2.24. The van der Waals surface area contributed by atoms with Crippen molar-refractivity contribution < 1.29 is 0 Å². The molecule has 1 aromatic carbocycles. The second kappa shape index (κ2) is 8.42. The monoisotopic (exact) mass is 283 g/mol. The summed E-state index contributed by atoms with van der Waals surface area (Å²) in [7, 11) is 0. The van der Waals surface area contributed by atoms with Crippen molar-refractivity contribution in [3.05, 3.63) is 59.8 Å². The third-order valence-electron chi connectivity index (χ3n) is 3.51. The number of hydrogen-bond donors (Lipinski definition) is 1. The van der Waals surface area contributed by atoms with Gasteiger partial charge in [0.15, 0.2) is 0 Å². The van der Waals surface area contributed by atoms with Gasteiger partial charge in [0, 0.05) is 31.4 Å². The van der Waals surface area contributed by atoms with Crippen molar-refractivity contribution in [3.8, 4) is 0 Å². The van der Waals surface area contributed by atoms with Gasteiger partial charge in [-0.05, 0) is 31.5 Å². The standard InChI is InChI=1S/C18H25N3/c1-3-12-19-14-17-11-8-13-20-18(17)21(4-2)15-16-9-6-5-7-10-16/h5-11,13,19H,3-4,12,14-15H2,1-2H3. The molecule has 0 aliphatic rings. The van der Waals surface area contributed by atoms with Crippen molar-refractivity contribution in [1.82, 2.24) is 10.3 Å². The molecule has 0 radical (unpaired) electrons. The van der Waals surface area contributed by atoms with Crippen LogP contribution in [0.3, 0.4) is 0 Å². The van der Waals surface area contributed by atoms with Gasteiger partial charge in [-0.15, -0.1) is 0 Å². The molecule has 0 spiro atoms. The minimum atomic E-state index is 0.877. The summed E-state index contributed by atoms with van der Waals surface area (Å²) in [6, 6.07) is 14.7. The van der Waals surface area contributed by atoms with Gasteiger partial charge < -0.3 is 10.2 Å². The van der Waals surface area contributed by atoms with E-state index in [4.69, 9.17) is 0 Å². The first kappa shape index (κ1) is 15.5. The van der Waals surface area contributed by atoms with Gasteiger partial charge in [0.05, 0.1) is 0 Å². The second-order valence-corrected chi connectivity index (χ2v) is 5.16. The maximum absolute atomic E-state index is 4.61. The molecule has 112 valence electrons. The minimum Gasteiger partial charge on any atom is -0.352 e. The molecule has 0 unspecified atom stereocenters. The quantitative estimate of drug-likeness (QED) is 0.750. The first-order valence-corrected chi connectivity index (χ1v) is 7.78. The molecule has 0 fully saturated rings. The van der Waals surface area contributed by atoms with Crippen molar-refractivity contribution in [3.63, 3.8) is 0 Å². The predicted molar refractivity (Wildman–Crippen MR) is 89.4 cm³/mol. The van der Waals surface area contributed by atoms with Crippen LogP contribution in [0.25, 0.3) is 0 Å². The summed E-state index contributed by atoms with van der Waals surface area (Å²) in [5.41, 5.74) is 2.58. The zero-order chi connectivity index (χ0) is 14.9. The first-order valence-electron chi connectivity index (χ1n) is 7.78. The molecule has 0 atom stereocenters. The van der Waals surface area contributed by atoms with Crippen LogP contribution in [0.1, 0.15) is 31.4 Å². The maximum Gasteiger partial charge on any atom is 0.133 e. The largest absolute Gasteiger partial charge is 0.352 e. The summed E-state index contributed by atoms with van der Waals surface area (Å²) < 4.78 is 0. The van der Waals surface area contributed by atoms with Crippen molar-refractivity contribution in [2.45, 2.75) is 33.4 Å². The van der Waals surface area contributed by atoms with E-state index >= 15 is 0 Å². The number of rotatable bonds is 8. The Morgan fingerprint density at radius 3 is 2.57 bits per heavy atom. The molecule has 0 amide bonds. The normalized spacial score (nSPS) is 10.6. The van der Waals surface area contributed by atoms with Crippen molar-refractivity contribution >= 4 is 5.82 Å². The number of benzene rings is 1. The van der Waals surface area contributed by atoms with Crippen LogP contribution >= 0.6 is 0 Å². The van der Waals surface area contributed by atoms with Gasteiger partial charge >= 0.3 is 0 Å². The van der Waals surface area contributed by atoms with E-state index in [9.17, 15) is 0 Å². The minimum absolute atomic E-state index is 0.877. The number of anilines is 1. The Balaban J connectivity index is 2.13. The molecule has 1 aromatic heterocycles. The van der Waals surface area contributed by atoms with Crippen molar-refractivity contribution in [2.75, 3.05) is 18.0 Å². The lowest BCUT2D eigenvalue weighted by molar-refractivity contribution is 0.669. The number of pyridine rings is 1. The summed E-state index contributed by atoms with van der Waals surface area (Å²) in [6.07, 6.45) is 3.03. The highest BCUT2D eigenvalue weighted by Gasteiger charge is 2.11. The molecule has 21 heavy (non-hydrogen) atoms. The van der Waals surface area contributed by atoms with E-state index in [1.807, 2.05) is 12.3 Å². The Kier molecular flexibility index (Phi) is 6.22. The van der Waals surface area contributed by atoms with E-state index < -0.39 is 0 Å². The highest BCUT2D eigenvalue weighted by molar-refractivity contribution is 5.47. The molecular weight excluding hydrogens is 258 g/mol. The Morgan fingerprint density at radius 2 is 1.86 bits per heavy atom. The molecule has 1 heterocycles. The number of nitrogens with zero attached hydrogens (tertiary/aromatic N) is 2. The fourth-order valence-electron chi connectivity index (χ4n) is 2.39. The van der Waals surface area contributed by atoms with Crippen LogP contribution in [0.15, 0.2) is 48.7 Å². The molecule has 1 N–H and O–H groups in total. The lowest BCUT2D eigenvalue weighted by Crippen LogP contribution is -2.26. The SMILES string of the molecule is CCCNCc1cccnc1N(CC)Cc1ccccc1. The van der Waals surface area contributed by atoms with Gasteiger partial charge in [-0.3, -0.25) is 0 Å². The van der Waals surface area contributed by atoms with Crippen LogP contribution in [-0.4, -0.2) is 18.1 Å². The predicted octanol–water partition coefficient (Wildman–Crippen LogP) is 3.61. The third kappa shape index (κ3) is 4.57. The van der Waals surface area contributed by atoms with E-state index in [0.717, 1.165) is 38.4 Å². The topological polar surface area (TPSA) is 28.2 Å². The molecule has 3 heteroatoms. The van der Waals surface area contributed by atoms with Gasteiger partial charge in [-0.1, -0.05) is 43.3 Å². The van der Waals surface area contributed by atoms with Crippen LogP contribution in [0, 0.1) is 0 Å². The number of hydrogen-bond acceptors (Lipinski definition) is 3. The Hall–Kier alpha value is -1.87.